The van der Waals surface area contributed by atoms with Gasteiger partial charge in [0.2, 0.25) is 0 Å². The van der Waals surface area contributed by atoms with Gasteiger partial charge < -0.3 is 4.74 Å². The van der Waals surface area contributed by atoms with Crippen molar-refractivity contribution in [3.05, 3.63) is 21.0 Å². The fourth-order valence-corrected chi connectivity index (χ4v) is 2.21. The van der Waals surface area contributed by atoms with Gasteiger partial charge in [0.05, 0.1) is 22.4 Å². The van der Waals surface area contributed by atoms with Crippen LogP contribution in [-0.2, 0) is 0 Å². The molecule has 0 bridgehead atoms. The van der Waals surface area contributed by atoms with E-state index >= 15 is 0 Å². The summed E-state index contributed by atoms with van der Waals surface area (Å²) in [6.45, 7) is 0. The van der Waals surface area contributed by atoms with Gasteiger partial charge in [-0.05, 0) is 34.2 Å². The van der Waals surface area contributed by atoms with Gasteiger partial charge in [-0.3, -0.25) is 9.78 Å². The number of pyridine rings is 1. The second-order valence-electron chi connectivity index (χ2n) is 2.48. The molecule has 0 aromatic carbocycles. The molecule has 0 radical (unpaired) electrons. The number of hydrogen-bond acceptors (Lipinski definition) is 3. The minimum Gasteiger partial charge on any atom is -0.494 e. The monoisotopic (exact) mass is 347 g/mol. The number of hydrogen-bond donors (Lipinski definition) is 0. The highest BCUT2D eigenvalue weighted by molar-refractivity contribution is 14.1. The van der Waals surface area contributed by atoms with Gasteiger partial charge in [0.25, 0.3) is 11.7 Å². The molecular formula is C8H5ClF2INO2. The number of ether oxygens (including phenoxy) is 1. The predicted molar refractivity (Wildman–Crippen MR) is 58.6 cm³/mol. The molecule has 1 heterocycles. The fourth-order valence-electron chi connectivity index (χ4n) is 0.980. The van der Waals surface area contributed by atoms with Crippen LogP contribution in [0.1, 0.15) is 22.5 Å². The van der Waals surface area contributed by atoms with E-state index in [0.29, 0.717) is 0 Å². The van der Waals surface area contributed by atoms with Crippen LogP contribution in [0.3, 0.4) is 0 Å². The number of nitrogens with zero attached hydrogens (tertiary/aromatic N) is 1. The van der Waals surface area contributed by atoms with Crippen molar-refractivity contribution in [1.29, 1.82) is 0 Å². The number of halogens is 4. The fraction of sp³-hybridized carbons (Fsp3) is 0.250. The van der Waals surface area contributed by atoms with Crippen LogP contribution in [0, 0.1) is 3.57 Å². The molecular weight excluding hydrogens is 342 g/mol. The van der Waals surface area contributed by atoms with E-state index in [1.165, 1.54) is 7.11 Å². The number of alkyl halides is 2. The number of carbonyl (C=O) groups is 1. The SMILES string of the molecule is COc1cnc(C(F)F)c(C(=O)Cl)c1I. The highest BCUT2D eigenvalue weighted by Gasteiger charge is 2.24. The molecule has 1 aromatic rings. The Morgan fingerprint density at radius 1 is 1.67 bits per heavy atom. The van der Waals surface area contributed by atoms with E-state index in [2.05, 4.69) is 4.98 Å². The molecule has 15 heavy (non-hydrogen) atoms. The second kappa shape index (κ2) is 5.02. The van der Waals surface area contributed by atoms with Crippen molar-refractivity contribution in [2.45, 2.75) is 6.43 Å². The van der Waals surface area contributed by atoms with Crippen molar-refractivity contribution in [3.63, 3.8) is 0 Å². The lowest BCUT2D eigenvalue weighted by Gasteiger charge is -2.09. The van der Waals surface area contributed by atoms with Crippen LogP contribution < -0.4 is 4.74 Å². The Balaban J connectivity index is 3.44. The topological polar surface area (TPSA) is 39.2 Å². The Morgan fingerprint density at radius 2 is 2.27 bits per heavy atom. The molecule has 82 valence electrons. The average molecular weight is 347 g/mol. The molecule has 7 heteroatoms. The minimum atomic E-state index is -2.85. The first-order valence-electron chi connectivity index (χ1n) is 3.69. The third kappa shape index (κ3) is 2.54. The molecule has 0 aliphatic rings. The molecule has 0 amide bonds. The van der Waals surface area contributed by atoms with Crippen LogP contribution in [0.25, 0.3) is 0 Å². The minimum absolute atomic E-state index is 0.236. The molecule has 0 atom stereocenters. The van der Waals surface area contributed by atoms with Gasteiger partial charge in [-0.2, -0.15) is 0 Å². The Hall–Kier alpha value is -0.500. The van der Waals surface area contributed by atoms with Crippen LogP contribution in [0.5, 0.6) is 5.75 Å². The molecule has 1 aromatic heterocycles. The Kier molecular flexibility index (Phi) is 4.21. The lowest BCUT2D eigenvalue weighted by molar-refractivity contribution is 0.106. The quantitative estimate of drug-likeness (QED) is 0.623. The highest BCUT2D eigenvalue weighted by Crippen LogP contribution is 2.31. The summed E-state index contributed by atoms with van der Waals surface area (Å²) in [7, 11) is 1.35. The number of aromatic nitrogens is 1. The second-order valence-corrected chi connectivity index (χ2v) is 3.90. The lowest BCUT2D eigenvalue weighted by Crippen LogP contribution is -2.06. The van der Waals surface area contributed by atoms with Gasteiger partial charge in [0.1, 0.15) is 5.69 Å². The molecule has 0 N–H and O–H groups in total. The van der Waals surface area contributed by atoms with Gasteiger partial charge in [-0.25, -0.2) is 8.78 Å². The largest absolute Gasteiger partial charge is 0.494 e. The first-order valence-corrected chi connectivity index (χ1v) is 5.15. The van der Waals surface area contributed by atoms with Gasteiger partial charge in [0.15, 0.2) is 5.75 Å². The maximum Gasteiger partial charge on any atom is 0.281 e. The first-order chi connectivity index (χ1) is 6.99. The normalized spacial score (nSPS) is 10.5. The molecule has 0 aliphatic heterocycles. The third-order valence-electron chi connectivity index (χ3n) is 1.64. The van der Waals surface area contributed by atoms with Crippen LogP contribution in [0.2, 0.25) is 0 Å². The summed E-state index contributed by atoms with van der Waals surface area (Å²) in [5.41, 5.74) is -0.924. The van der Waals surface area contributed by atoms with Crippen molar-refractivity contribution < 1.29 is 18.3 Å². The molecule has 0 saturated carbocycles. The van der Waals surface area contributed by atoms with Crippen molar-refractivity contribution >= 4 is 39.4 Å². The van der Waals surface area contributed by atoms with Crippen molar-refractivity contribution in [2.24, 2.45) is 0 Å². The molecule has 0 fully saturated rings. The Labute approximate surface area is 103 Å². The number of carbonyl (C=O) groups excluding carboxylic acids is 1. The predicted octanol–water partition coefficient (Wildman–Crippen LogP) is 3.01. The molecule has 0 unspecified atom stereocenters. The summed E-state index contributed by atoms with van der Waals surface area (Å²) in [5.74, 6) is 0.240. The molecule has 3 nitrogen and oxygen atoms in total. The molecule has 0 aliphatic carbocycles. The van der Waals surface area contributed by atoms with Gasteiger partial charge in [-0.1, -0.05) is 0 Å². The average Bonchev–Trinajstić information content (AvgIpc) is 2.16. The smallest absolute Gasteiger partial charge is 0.281 e. The Morgan fingerprint density at radius 3 is 2.67 bits per heavy atom. The van der Waals surface area contributed by atoms with Gasteiger partial charge >= 0.3 is 0 Å². The van der Waals surface area contributed by atoms with E-state index in [1.807, 2.05) is 0 Å². The van der Waals surface area contributed by atoms with Crippen LogP contribution in [-0.4, -0.2) is 17.3 Å². The van der Waals surface area contributed by atoms with Crippen LogP contribution >= 0.6 is 34.2 Å². The molecule has 0 spiro atoms. The van der Waals surface area contributed by atoms with Crippen molar-refractivity contribution in [3.8, 4) is 5.75 Å². The Bertz CT molecular complexity index is 400. The molecule has 1 rings (SSSR count). The highest BCUT2D eigenvalue weighted by atomic mass is 127. The van der Waals surface area contributed by atoms with E-state index in [-0.39, 0.29) is 14.9 Å². The first kappa shape index (κ1) is 12.6. The maximum absolute atomic E-state index is 12.5. The maximum atomic E-state index is 12.5. The zero-order valence-electron chi connectivity index (χ0n) is 7.43. The summed E-state index contributed by atoms with van der Waals surface area (Å²) in [4.78, 5) is 14.4. The van der Waals surface area contributed by atoms with Gasteiger partial charge in [-0.15, -0.1) is 0 Å². The summed E-state index contributed by atoms with van der Waals surface area (Å²) >= 11 is 6.93. The summed E-state index contributed by atoms with van der Waals surface area (Å²) < 4.78 is 30.1. The van der Waals surface area contributed by atoms with Crippen molar-refractivity contribution in [1.82, 2.24) is 4.98 Å². The standard InChI is InChI=1S/C8H5ClF2INO2/c1-15-3-2-13-6(8(10)11)4(5(3)12)7(9)14/h2,8H,1H3. The lowest BCUT2D eigenvalue weighted by atomic mass is 10.2. The van der Waals surface area contributed by atoms with Crippen LogP contribution in [0.4, 0.5) is 8.78 Å². The number of rotatable bonds is 3. The van der Waals surface area contributed by atoms with E-state index in [1.54, 1.807) is 22.6 Å². The summed E-state index contributed by atoms with van der Waals surface area (Å²) in [6.07, 6.45) is -1.71. The molecule has 0 saturated heterocycles. The van der Waals surface area contributed by atoms with E-state index in [0.717, 1.165) is 6.20 Å². The van der Waals surface area contributed by atoms with E-state index in [4.69, 9.17) is 16.3 Å². The van der Waals surface area contributed by atoms with E-state index in [9.17, 15) is 13.6 Å². The van der Waals surface area contributed by atoms with Crippen LogP contribution in [0.15, 0.2) is 6.20 Å². The zero-order chi connectivity index (χ0) is 11.6. The summed E-state index contributed by atoms with van der Waals surface area (Å²) in [5, 5.41) is -0.971. The van der Waals surface area contributed by atoms with Crippen molar-refractivity contribution in [2.75, 3.05) is 7.11 Å². The third-order valence-corrected chi connectivity index (χ3v) is 2.90. The van der Waals surface area contributed by atoms with E-state index < -0.39 is 17.4 Å². The zero-order valence-corrected chi connectivity index (χ0v) is 10.3. The summed E-state index contributed by atoms with van der Waals surface area (Å²) in [6, 6.07) is 0. The number of methoxy groups -OCH3 is 1. The van der Waals surface area contributed by atoms with Gasteiger partial charge in [0, 0.05) is 0 Å².